The summed E-state index contributed by atoms with van der Waals surface area (Å²) in [5.74, 6) is -1.89. The second kappa shape index (κ2) is 13.9. The van der Waals surface area contributed by atoms with Crippen molar-refractivity contribution in [3.05, 3.63) is 72.6 Å². The average Bonchev–Trinajstić information content (AvgIpc) is 3.62. The fourth-order valence-corrected chi connectivity index (χ4v) is 6.03. The second-order valence-electron chi connectivity index (χ2n) is 11.7. The van der Waals surface area contributed by atoms with Crippen LogP contribution < -0.4 is 24.8 Å². The molecule has 12 heteroatoms. The minimum Gasteiger partial charge on any atom is -0.493 e. The van der Waals surface area contributed by atoms with Gasteiger partial charge in [0.05, 0.1) is 18.0 Å². The number of nitrogens with one attached hydrogen (secondary N) is 2. The molecule has 1 fully saturated rings. The van der Waals surface area contributed by atoms with E-state index in [9.17, 15) is 14.0 Å². The Bertz CT molecular complexity index is 1760. The van der Waals surface area contributed by atoms with Crippen molar-refractivity contribution >= 4 is 34.1 Å². The van der Waals surface area contributed by atoms with Crippen LogP contribution in [0.2, 0.25) is 0 Å². The Morgan fingerprint density at radius 3 is 2.13 bits per heavy atom. The summed E-state index contributed by atoms with van der Waals surface area (Å²) >= 11 is 0. The second-order valence-corrected chi connectivity index (χ2v) is 11.7. The van der Waals surface area contributed by atoms with E-state index in [0.29, 0.717) is 34.7 Å². The van der Waals surface area contributed by atoms with E-state index in [4.69, 9.17) is 14.2 Å². The molecular weight excluding hydrogens is 608 g/mol. The maximum absolute atomic E-state index is 15.4. The number of carbonyl (C=O) groups is 2. The first-order chi connectivity index (χ1) is 22.5. The summed E-state index contributed by atoms with van der Waals surface area (Å²) in [6.45, 7) is 12.2. The molecule has 0 aliphatic heterocycles. The van der Waals surface area contributed by atoms with Crippen LogP contribution in [-0.2, 0) is 9.59 Å². The van der Waals surface area contributed by atoms with Crippen LogP contribution in [0, 0.1) is 28.9 Å². The summed E-state index contributed by atoms with van der Waals surface area (Å²) in [5, 5.41) is 5.87. The van der Waals surface area contributed by atoms with Gasteiger partial charge in [0.1, 0.15) is 24.2 Å². The first kappa shape index (κ1) is 33.5. The molecule has 2 amide bonds. The van der Waals surface area contributed by atoms with E-state index >= 15 is 4.39 Å². The molecule has 0 spiro atoms. The highest BCUT2D eigenvalue weighted by molar-refractivity contribution is 6.17. The van der Waals surface area contributed by atoms with Gasteiger partial charge in [-0.2, -0.15) is 0 Å². The number of likely N-dealkylation sites (N-methyl/N-ethyl adjacent to an activating group) is 1. The molecule has 1 aromatic heterocycles. The molecular formula is C35H39F2N5O5. The van der Waals surface area contributed by atoms with Crippen molar-refractivity contribution < 1.29 is 32.6 Å². The number of nitrogens with zero attached hydrogens (tertiary/aromatic N) is 3. The van der Waals surface area contributed by atoms with E-state index in [-0.39, 0.29) is 35.2 Å². The molecule has 0 radical (unpaired) electrons. The van der Waals surface area contributed by atoms with Gasteiger partial charge in [-0.25, -0.2) is 18.7 Å². The third kappa shape index (κ3) is 6.69. The highest BCUT2D eigenvalue weighted by Gasteiger charge is 2.69. The molecule has 2 N–H and O–H groups in total. The van der Waals surface area contributed by atoms with Gasteiger partial charge in [-0.15, -0.1) is 0 Å². The standard InChI is InChI=1S/C35H39F2N5O5/c1-7-42(8-2)20(3)18-46-31-17-28-26(16-30(31)45-6)32(39-19-38-28)47-29-14-13-25(15-27(29)37)41-34(44)35(21(4)22(35)5)33(43)40-24-11-9-23(36)10-12-24/h9-17,19-22H,7-8,18H2,1-6H3,(H,40,43)(H,41,44)/t20?,21-,22-/m1/s1. The normalized spacial score (nSPS) is 19.3. The van der Waals surface area contributed by atoms with E-state index in [1.165, 1.54) is 49.8 Å². The van der Waals surface area contributed by atoms with Gasteiger partial charge in [0.25, 0.3) is 0 Å². The Balaban J connectivity index is 1.31. The predicted octanol–water partition coefficient (Wildman–Crippen LogP) is 6.67. The quantitative estimate of drug-likeness (QED) is 0.155. The fourth-order valence-electron chi connectivity index (χ4n) is 6.03. The molecule has 1 aliphatic carbocycles. The van der Waals surface area contributed by atoms with Crippen molar-refractivity contribution in [2.75, 3.05) is 37.4 Å². The topological polar surface area (TPSA) is 115 Å². The number of amides is 2. The molecule has 4 aromatic rings. The number of halogens is 2. The van der Waals surface area contributed by atoms with Gasteiger partial charge in [0, 0.05) is 29.5 Å². The molecule has 3 aromatic carbocycles. The number of ether oxygens (including phenoxy) is 3. The molecule has 5 rings (SSSR count). The van der Waals surface area contributed by atoms with E-state index in [2.05, 4.69) is 46.3 Å². The van der Waals surface area contributed by atoms with Gasteiger partial charge in [-0.3, -0.25) is 14.5 Å². The molecule has 1 aliphatic rings. The highest BCUT2D eigenvalue weighted by Crippen LogP contribution is 2.59. The summed E-state index contributed by atoms with van der Waals surface area (Å²) in [5.41, 5.74) is -0.339. The third-order valence-electron chi connectivity index (χ3n) is 9.13. The lowest BCUT2D eigenvalue weighted by Gasteiger charge is -2.26. The highest BCUT2D eigenvalue weighted by atomic mass is 19.1. The van der Waals surface area contributed by atoms with Crippen LogP contribution in [0.25, 0.3) is 10.9 Å². The van der Waals surface area contributed by atoms with Crippen LogP contribution in [0.3, 0.4) is 0 Å². The lowest BCUT2D eigenvalue weighted by Crippen LogP contribution is -2.38. The van der Waals surface area contributed by atoms with Gasteiger partial charge in [-0.1, -0.05) is 27.7 Å². The molecule has 0 bridgehead atoms. The van der Waals surface area contributed by atoms with E-state index in [0.717, 1.165) is 19.2 Å². The SMILES string of the molecule is CCN(CC)C(C)COc1cc2ncnc(Oc3ccc(NC(=O)C4(C(=O)Nc5ccc(F)cc5)[C@H](C)[C@H]4C)cc3F)c2cc1OC. The van der Waals surface area contributed by atoms with E-state index in [1.54, 1.807) is 26.0 Å². The summed E-state index contributed by atoms with van der Waals surface area (Å²) in [7, 11) is 1.53. The number of methoxy groups -OCH3 is 1. The van der Waals surface area contributed by atoms with Crippen LogP contribution in [0.5, 0.6) is 23.1 Å². The Morgan fingerprint density at radius 1 is 0.894 bits per heavy atom. The first-order valence-corrected chi connectivity index (χ1v) is 15.6. The Kier molecular flexibility index (Phi) is 9.90. The predicted molar refractivity (Wildman–Crippen MR) is 175 cm³/mol. The zero-order valence-corrected chi connectivity index (χ0v) is 27.3. The molecule has 1 saturated carbocycles. The fraction of sp³-hybridized carbons (Fsp3) is 0.371. The number of anilines is 2. The monoisotopic (exact) mass is 647 g/mol. The summed E-state index contributed by atoms with van der Waals surface area (Å²) in [6, 6.07) is 12.8. The number of aromatic nitrogens is 2. The van der Waals surface area contributed by atoms with Gasteiger partial charge in [0.2, 0.25) is 17.7 Å². The largest absolute Gasteiger partial charge is 0.493 e. The van der Waals surface area contributed by atoms with Crippen molar-refractivity contribution in [3.8, 4) is 23.1 Å². The Labute approximate surface area is 272 Å². The third-order valence-corrected chi connectivity index (χ3v) is 9.13. The number of rotatable bonds is 13. The van der Waals surface area contributed by atoms with E-state index < -0.39 is 28.9 Å². The average molecular weight is 648 g/mol. The van der Waals surface area contributed by atoms with Crippen LogP contribution in [0.4, 0.5) is 20.2 Å². The summed E-state index contributed by atoms with van der Waals surface area (Å²) in [4.78, 5) is 37.5. The van der Waals surface area contributed by atoms with Gasteiger partial charge < -0.3 is 24.8 Å². The lowest BCUT2D eigenvalue weighted by atomic mass is 9.99. The summed E-state index contributed by atoms with van der Waals surface area (Å²) in [6.07, 6.45) is 1.31. The number of fused-ring (bicyclic) bond motifs is 1. The number of hydrogen-bond acceptors (Lipinski definition) is 8. The van der Waals surface area contributed by atoms with Gasteiger partial charge in [0.15, 0.2) is 23.1 Å². The smallest absolute Gasteiger partial charge is 0.240 e. The van der Waals surface area contributed by atoms with Crippen molar-refractivity contribution in [3.63, 3.8) is 0 Å². The van der Waals surface area contributed by atoms with Crippen LogP contribution in [0.15, 0.2) is 60.9 Å². The first-order valence-electron chi connectivity index (χ1n) is 15.6. The van der Waals surface area contributed by atoms with E-state index in [1.807, 2.05) is 0 Å². The molecule has 248 valence electrons. The van der Waals surface area contributed by atoms with Gasteiger partial charge in [-0.05, 0) is 74.3 Å². The van der Waals surface area contributed by atoms with Crippen molar-refractivity contribution in [2.45, 2.75) is 40.7 Å². The maximum Gasteiger partial charge on any atom is 0.240 e. The molecule has 3 atom stereocenters. The molecule has 10 nitrogen and oxygen atoms in total. The lowest BCUT2D eigenvalue weighted by molar-refractivity contribution is -0.132. The van der Waals surface area contributed by atoms with Crippen molar-refractivity contribution in [1.82, 2.24) is 14.9 Å². The van der Waals surface area contributed by atoms with Crippen LogP contribution in [-0.4, -0.2) is 59.5 Å². The van der Waals surface area contributed by atoms with Crippen molar-refractivity contribution in [1.29, 1.82) is 0 Å². The van der Waals surface area contributed by atoms with Crippen molar-refractivity contribution in [2.24, 2.45) is 17.3 Å². The number of hydrogen-bond donors (Lipinski definition) is 2. The zero-order chi connectivity index (χ0) is 33.9. The molecule has 47 heavy (non-hydrogen) atoms. The minimum atomic E-state index is -1.37. The number of carbonyl (C=O) groups excluding carboxylic acids is 2. The Hall–Kier alpha value is -4.84. The maximum atomic E-state index is 15.4. The Morgan fingerprint density at radius 2 is 1.53 bits per heavy atom. The van der Waals surface area contributed by atoms with Crippen LogP contribution in [0.1, 0.15) is 34.6 Å². The zero-order valence-electron chi connectivity index (χ0n) is 27.3. The number of benzene rings is 3. The molecule has 1 unspecified atom stereocenters. The van der Waals surface area contributed by atoms with Gasteiger partial charge >= 0.3 is 0 Å². The molecule has 1 heterocycles. The summed E-state index contributed by atoms with van der Waals surface area (Å²) < 4.78 is 46.2. The minimum absolute atomic E-state index is 0.101. The van der Waals surface area contributed by atoms with Crippen LogP contribution >= 0.6 is 0 Å². The molecule has 0 saturated heterocycles.